The van der Waals surface area contributed by atoms with Crippen molar-refractivity contribution in [3.05, 3.63) is 16.1 Å². The zero-order chi connectivity index (χ0) is 10.8. The first-order valence-electron chi connectivity index (χ1n) is 4.37. The van der Waals surface area contributed by atoms with Gasteiger partial charge in [0.15, 0.2) is 0 Å². The molecular weight excluding hydrogens is 200 g/mol. The van der Waals surface area contributed by atoms with Crippen molar-refractivity contribution in [2.45, 2.75) is 26.3 Å². The number of aromatic nitrogens is 1. The van der Waals surface area contributed by atoms with Crippen LogP contribution in [0.5, 0.6) is 0 Å². The Hall–Kier alpha value is -0.940. The number of hydrogen-bond donors (Lipinski definition) is 1. The maximum atomic E-state index is 11.5. The van der Waals surface area contributed by atoms with Gasteiger partial charge in [0.2, 0.25) is 0 Å². The molecule has 0 saturated heterocycles. The van der Waals surface area contributed by atoms with Crippen molar-refractivity contribution in [1.82, 2.24) is 4.98 Å². The Morgan fingerprint density at radius 2 is 2.43 bits per heavy atom. The number of carbonyl (C=O) groups excluding carboxylic acids is 1. The van der Waals surface area contributed by atoms with E-state index in [9.17, 15) is 4.79 Å². The van der Waals surface area contributed by atoms with Crippen LogP contribution in [0, 0.1) is 6.92 Å². The molecule has 0 aliphatic heterocycles. The molecule has 0 aliphatic carbocycles. The monoisotopic (exact) mass is 214 g/mol. The fourth-order valence-electron chi connectivity index (χ4n) is 0.983. The molecule has 0 aliphatic rings. The maximum Gasteiger partial charge on any atom is 0.331 e. The molecule has 1 aromatic heterocycles. The number of thiazole rings is 1. The van der Waals surface area contributed by atoms with Crippen molar-refractivity contribution < 1.29 is 9.53 Å². The number of ether oxygens (including phenoxy) is 1. The van der Waals surface area contributed by atoms with E-state index in [1.807, 2.05) is 6.92 Å². The average Bonchev–Trinajstić information content (AvgIpc) is 2.52. The average molecular weight is 214 g/mol. The summed E-state index contributed by atoms with van der Waals surface area (Å²) in [4.78, 5) is 16.3. The number of esters is 1. The van der Waals surface area contributed by atoms with E-state index in [1.165, 1.54) is 11.3 Å². The minimum absolute atomic E-state index is 0.337. The van der Waals surface area contributed by atoms with E-state index >= 15 is 0 Å². The summed E-state index contributed by atoms with van der Waals surface area (Å²) >= 11 is 1.41. The first-order valence-corrected chi connectivity index (χ1v) is 5.19. The third-order valence-corrected chi connectivity index (χ3v) is 2.98. The van der Waals surface area contributed by atoms with E-state index in [0.717, 1.165) is 9.88 Å². The molecule has 0 radical (unpaired) electrons. The van der Waals surface area contributed by atoms with Crippen molar-refractivity contribution in [3.8, 4) is 0 Å². The quantitative estimate of drug-likeness (QED) is 0.767. The smallest absolute Gasteiger partial charge is 0.331 e. The molecule has 0 spiro atoms. The van der Waals surface area contributed by atoms with E-state index < -0.39 is 11.5 Å². The number of rotatable bonds is 3. The fraction of sp³-hybridized carbons (Fsp3) is 0.556. The van der Waals surface area contributed by atoms with Gasteiger partial charge in [0, 0.05) is 6.20 Å². The van der Waals surface area contributed by atoms with Gasteiger partial charge in [-0.2, -0.15) is 0 Å². The molecule has 1 heterocycles. The SMILES string of the molecule is CCOC(=O)[C@@](C)(N)c1cnc(C)s1. The van der Waals surface area contributed by atoms with Crippen molar-refractivity contribution in [2.75, 3.05) is 6.61 Å². The molecule has 0 aromatic carbocycles. The molecule has 1 atom stereocenters. The molecule has 2 N–H and O–H groups in total. The van der Waals surface area contributed by atoms with Crippen LogP contribution >= 0.6 is 11.3 Å². The van der Waals surface area contributed by atoms with Crippen LogP contribution < -0.4 is 5.73 Å². The van der Waals surface area contributed by atoms with E-state index in [-0.39, 0.29) is 0 Å². The molecule has 0 fully saturated rings. The highest BCUT2D eigenvalue weighted by Gasteiger charge is 2.33. The zero-order valence-corrected chi connectivity index (χ0v) is 9.35. The maximum absolute atomic E-state index is 11.5. The van der Waals surface area contributed by atoms with Gasteiger partial charge in [0.25, 0.3) is 0 Å². The number of hydrogen-bond acceptors (Lipinski definition) is 5. The number of aryl methyl sites for hydroxylation is 1. The van der Waals surface area contributed by atoms with Gasteiger partial charge in [-0.25, -0.2) is 9.78 Å². The summed E-state index contributed by atoms with van der Waals surface area (Å²) in [6, 6.07) is 0. The van der Waals surface area contributed by atoms with Crippen LogP contribution in [0.25, 0.3) is 0 Å². The van der Waals surface area contributed by atoms with Gasteiger partial charge in [-0.3, -0.25) is 0 Å². The van der Waals surface area contributed by atoms with Crippen molar-refractivity contribution in [1.29, 1.82) is 0 Å². The summed E-state index contributed by atoms with van der Waals surface area (Å²) < 4.78 is 4.89. The fourth-order valence-corrected chi connectivity index (χ4v) is 1.81. The van der Waals surface area contributed by atoms with Crippen molar-refractivity contribution in [2.24, 2.45) is 5.73 Å². The Labute approximate surface area is 87.1 Å². The molecule has 0 bridgehead atoms. The molecule has 14 heavy (non-hydrogen) atoms. The lowest BCUT2D eigenvalue weighted by Gasteiger charge is -2.19. The minimum Gasteiger partial charge on any atom is -0.464 e. The summed E-state index contributed by atoms with van der Waals surface area (Å²) in [7, 11) is 0. The second-order valence-electron chi connectivity index (χ2n) is 3.17. The molecule has 1 aromatic rings. The Morgan fingerprint density at radius 3 is 2.86 bits per heavy atom. The van der Waals surface area contributed by atoms with Crippen LogP contribution in [-0.4, -0.2) is 17.6 Å². The van der Waals surface area contributed by atoms with Crippen LogP contribution in [0.3, 0.4) is 0 Å². The Bertz CT molecular complexity index is 333. The second kappa shape index (κ2) is 4.06. The predicted octanol–water partition coefficient (Wildman–Crippen LogP) is 1.19. The summed E-state index contributed by atoms with van der Waals surface area (Å²) in [5.41, 5.74) is 4.80. The van der Waals surface area contributed by atoms with Crippen molar-refractivity contribution >= 4 is 17.3 Å². The van der Waals surface area contributed by atoms with Gasteiger partial charge in [-0.05, 0) is 20.8 Å². The lowest BCUT2D eigenvalue weighted by Crippen LogP contribution is -2.42. The van der Waals surface area contributed by atoms with Gasteiger partial charge in [-0.15, -0.1) is 11.3 Å². The van der Waals surface area contributed by atoms with Gasteiger partial charge in [0.05, 0.1) is 16.5 Å². The van der Waals surface area contributed by atoms with E-state index in [0.29, 0.717) is 6.61 Å². The summed E-state index contributed by atoms with van der Waals surface area (Å²) in [6.45, 7) is 5.60. The molecule has 5 heteroatoms. The number of nitrogens with two attached hydrogens (primary N) is 1. The van der Waals surface area contributed by atoms with Gasteiger partial charge in [-0.1, -0.05) is 0 Å². The zero-order valence-electron chi connectivity index (χ0n) is 8.53. The topological polar surface area (TPSA) is 65.2 Å². The normalized spacial score (nSPS) is 14.9. The molecule has 0 unspecified atom stereocenters. The number of nitrogens with zero attached hydrogens (tertiary/aromatic N) is 1. The third kappa shape index (κ3) is 2.10. The van der Waals surface area contributed by atoms with Crippen LogP contribution in [0.15, 0.2) is 6.20 Å². The standard InChI is InChI=1S/C9H14N2O2S/c1-4-13-8(12)9(3,10)7-5-11-6(2)14-7/h5H,4,10H2,1-3H3/t9-/m0/s1. The highest BCUT2D eigenvalue weighted by molar-refractivity contribution is 7.11. The van der Waals surface area contributed by atoms with Crippen molar-refractivity contribution in [3.63, 3.8) is 0 Å². The van der Waals surface area contributed by atoms with Crippen LogP contribution in [-0.2, 0) is 15.1 Å². The molecule has 78 valence electrons. The summed E-state index contributed by atoms with van der Waals surface area (Å²) in [5, 5.41) is 0.890. The predicted molar refractivity (Wildman–Crippen MR) is 55.0 cm³/mol. The van der Waals surface area contributed by atoms with Gasteiger partial charge >= 0.3 is 5.97 Å². The first-order chi connectivity index (χ1) is 6.48. The molecule has 1 rings (SSSR count). The second-order valence-corrected chi connectivity index (χ2v) is 4.40. The lowest BCUT2D eigenvalue weighted by atomic mass is 10.0. The van der Waals surface area contributed by atoms with Crippen LogP contribution in [0.4, 0.5) is 0 Å². The van der Waals surface area contributed by atoms with Gasteiger partial charge in [0.1, 0.15) is 5.54 Å². The summed E-state index contributed by atoms with van der Waals surface area (Å²) in [5.74, 6) is -0.413. The van der Waals surface area contributed by atoms with Crippen LogP contribution in [0.1, 0.15) is 23.7 Å². The number of carbonyl (C=O) groups is 1. The van der Waals surface area contributed by atoms with E-state index in [2.05, 4.69) is 4.98 Å². The van der Waals surface area contributed by atoms with Crippen LogP contribution in [0.2, 0.25) is 0 Å². The minimum atomic E-state index is -1.08. The third-order valence-electron chi connectivity index (χ3n) is 1.83. The molecular formula is C9H14N2O2S. The largest absolute Gasteiger partial charge is 0.464 e. The molecule has 0 amide bonds. The first kappa shape index (κ1) is 11.1. The van der Waals surface area contributed by atoms with Gasteiger partial charge < -0.3 is 10.5 Å². The highest BCUT2D eigenvalue weighted by Crippen LogP contribution is 2.25. The Kier molecular flexibility index (Phi) is 3.23. The Morgan fingerprint density at radius 1 is 1.79 bits per heavy atom. The van der Waals surface area contributed by atoms with E-state index in [4.69, 9.17) is 10.5 Å². The highest BCUT2D eigenvalue weighted by atomic mass is 32.1. The Balaban J connectivity index is 2.89. The molecule has 0 saturated carbocycles. The summed E-state index contributed by atoms with van der Waals surface area (Å²) in [6.07, 6.45) is 1.62. The molecule has 4 nitrogen and oxygen atoms in total. The lowest BCUT2D eigenvalue weighted by molar-refractivity contribution is -0.149. The van der Waals surface area contributed by atoms with E-state index in [1.54, 1.807) is 20.0 Å².